The Labute approximate surface area is 305 Å². The highest BCUT2D eigenvalue weighted by Crippen LogP contribution is 2.30. The topological polar surface area (TPSA) is 215 Å². The van der Waals surface area contributed by atoms with Crippen molar-refractivity contribution < 1.29 is 43.3 Å². The fraction of sp³-hybridized carbons (Fsp3) is 0.417. The number of nitrogens with zero attached hydrogens (tertiary/aromatic N) is 1. The van der Waals surface area contributed by atoms with Gasteiger partial charge < -0.3 is 36.5 Å². The molecule has 0 radical (unpaired) electrons. The Balaban J connectivity index is 2.19. The zero-order valence-corrected chi connectivity index (χ0v) is 31.1. The van der Waals surface area contributed by atoms with Crippen molar-refractivity contribution in [2.75, 3.05) is 26.5 Å². The third kappa shape index (κ3) is 9.77. The van der Waals surface area contributed by atoms with Crippen LogP contribution in [0.15, 0.2) is 76.7 Å². The van der Waals surface area contributed by atoms with E-state index in [0.717, 1.165) is 11.0 Å². The molecule has 1 aromatic carbocycles. The first-order chi connectivity index (χ1) is 23.5. The van der Waals surface area contributed by atoms with Crippen LogP contribution in [-0.4, -0.2) is 84.5 Å². The summed E-state index contributed by atoms with van der Waals surface area (Å²) in [6.45, 7) is 6.20. The number of Topliss-reactive ketones (excluding diaryl/α,β-unsaturated/α-hetero) is 2. The standard InChI is InChI=1S/C36H45IN4O9/c1-18-12-23-31(39)27(42)16-26(33(23)45)41(17-28(43)22-10-11-25(38)24(37)15-22)35(46)19(2)8-7-9-29(48-5)34(50-36(40)47)21(4)14-20(3)32(44)30(13-18)49-6/h7-11,14-16,18,20,29-30,32,34,44H,12-13,17,38-39H2,1-6H3,(H2,40,47)/b9-7-,19-8+,21-14+/t18-,20+,29+,30+,32-,34+/m1/s1/i37-2. The minimum atomic E-state index is -1.04. The van der Waals surface area contributed by atoms with Crippen molar-refractivity contribution in [3.8, 4) is 0 Å². The highest BCUT2D eigenvalue weighted by Gasteiger charge is 2.36. The summed E-state index contributed by atoms with van der Waals surface area (Å²) >= 11 is 1.99. The predicted octanol–water partition coefficient (Wildman–Crippen LogP) is 3.50. The van der Waals surface area contributed by atoms with Crippen molar-refractivity contribution in [2.24, 2.45) is 23.3 Å². The van der Waals surface area contributed by atoms with Gasteiger partial charge in [-0.05, 0) is 79.0 Å². The Morgan fingerprint density at radius 1 is 1.08 bits per heavy atom. The van der Waals surface area contributed by atoms with Crippen LogP contribution in [0.25, 0.3) is 0 Å². The van der Waals surface area contributed by atoms with Crippen LogP contribution in [0.2, 0.25) is 0 Å². The average Bonchev–Trinajstić information content (AvgIpc) is 3.07. The Morgan fingerprint density at radius 2 is 1.76 bits per heavy atom. The molecular weight excluding hydrogens is 757 g/mol. The van der Waals surface area contributed by atoms with Crippen molar-refractivity contribution in [1.29, 1.82) is 0 Å². The Bertz CT molecular complexity index is 1680. The lowest BCUT2D eigenvalue weighted by atomic mass is 9.85. The monoisotopic (exact) mass is 802 g/mol. The lowest BCUT2D eigenvalue weighted by molar-refractivity contribution is -0.128. The summed E-state index contributed by atoms with van der Waals surface area (Å²) < 4.78 is 17.3. The van der Waals surface area contributed by atoms with E-state index in [0.29, 0.717) is 14.8 Å². The van der Waals surface area contributed by atoms with Crippen molar-refractivity contribution in [3.63, 3.8) is 0 Å². The number of amides is 2. The van der Waals surface area contributed by atoms with Crippen LogP contribution in [0.1, 0.15) is 50.9 Å². The van der Waals surface area contributed by atoms with E-state index in [9.17, 15) is 29.1 Å². The first kappa shape index (κ1) is 40.3. The number of ketones is 3. The molecule has 13 nitrogen and oxygen atoms in total. The molecule has 0 saturated carbocycles. The molecule has 1 aromatic rings. The maximum absolute atomic E-state index is 14.1. The number of hydrogen-bond acceptors (Lipinski definition) is 11. The zero-order valence-electron chi connectivity index (χ0n) is 29.0. The minimum Gasteiger partial charge on any atom is -0.439 e. The van der Waals surface area contributed by atoms with E-state index in [-0.39, 0.29) is 46.9 Å². The summed E-state index contributed by atoms with van der Waals surface area (Å²) in [4.78, 5) is 67.8. The van der Waals surface area contributed by atoms with E-state index in [2.05, 4.69) is 0 Å². The number of nitrogen functional groups attached to an aromatic ring is 1. The number of primary amides is 1. The van der Waals surface area contributed by atoms with Crippen LogP contribution < -0.4 is 17.2 Å². The first-order valence-corrected chi connectivity index (χ1v) is 17.0. The molecule has 1 aliphatic heterocycles. The predicted molar refractivity (Wildman–Crippen MR) is 195 cm³/mol. The number of aliphatic hydroxyl groups is 1. The van der Waals surface area contributed by atoms with E-state index in [1.165, 1.54) is 39.4 Å². The number of halogens is 1. The second kappa shape index (κ2) is 17.7. The summed E-state index contributed by atoms with van der Waals surface area (Å²) in [5, 5.41) is 11.3. The van der Waals surface area contributed by atoms with Gasteiger partial charge in [0.05, 0.1) is 30.1 Å². The number of allylic oxidation sites excluding steroid dienone is 4. The molecule has 270 valence electrons. The van der Waals surface area contributed by atoms with Gasteiger partial charge in [-0.1, -0.05) is 38.2 Å². The summed E-state index contributed by atoms with van der Waals surface area (Å²) in [6.07, 6.45) is 2.81. The van der Waals surface area contributed by atoms with Gasteiger partial charge in [0.15, 0.2) is 11.9 Å². The minimum absolute atomic E-state index is 0.00534. The van der Waals surface area contributed by atoms with Gasteiger partial charge >= 0.3 is 6.09 Å². The van der Waals surface area contributed by atoms with Crippen molar-refractivity contribution in [2.45, 2.75) is 65.0 Å². The van der Waals surface area contributed by atoms with E-state index in [4.69, 9.17) is 31.4 Å². The molecule has 0 saturated heterocycles. The third-order valence-corrected chi connectivity index (χ3v) is 9.64. The molecular formula is C36H45IN4O9. The molecule has 2 bridgehead atoms. The summed E-state index contributed by atoms with van der Waals surface area (Å²) in [5.74, 6) is -3.41. The molecule has 1 heterocycles. The number of carbonyl (C=O) groups excluding carboxylic acids is 5. The number of fused-ring (bicyclic) bond motifs is 2. The van der Waals surface area contributed by atoms with E-state index >= 15 is 0 Å². The maximum atomic E-state index is 14.1. The molecule has 0 fully saturated rings. The van der Waals surface area contributed by atoms with Crippen LogP contribution >= 0.6 is 22.6 Å². The van der Waals surface area contributed by atoms with Gasteiger partial charge in [0.2, 0.25) is 11.6 Å². The highest BCUT2D eigenvalue weighted by atomic mass is 125. The number of ether oxygens (including phenoxy) is 3. The van der Waals surface area contributed by atoms with Gasteiger partial charge in [0.1, 0.15) is 6.10 Å². The van der Waals surface area contributed by atoms with E-state index < -0.39 is 66.2 Å². The fourth-order valence-electron chi connectivity index (χ4n) is 5.89. The van der Waals surface area contributed by atoms with Gasteiger partial charge in [0.25, 0.3) is 5.91 Å². The summed E-state index contributed by atoms with van der Waals surface area (Å²) in [6, 6.07) is 4.65. The maximum Gasteiger partial charge on any atom is 0.405 e. The Morgan fingerprint density at radius 3 is 2.36 bits per heavy atom. The molecule has 0 spiro atoms. The smallest absolute Gasteiger partial charge is 0.405 e. The molecule has 6 atom stereocenters. The molecule has 2 amide bonds. The zero-order chi connectivity index (χ0) is 37.4. The molecule has 2 aliphatic rings. The summed E-state index contributed by atoms with van der Waals surface area (Å²) in [7, 11) is 2.85. The van der Waals surface area contributed by atoms with Crippen molar-refractivity contribution in [3.05, 3.63) is 85.8 Å². The number of aliphatic hydroxyl groups excluding tert-OH is 1. The van der Waals surface area contributed by atoms with Crippen LogP contribution in [0, 0.1) is 15.4 Å². The normalized spacial score (nSPS) is 28.7. The molecule has 7 N–H and O–H groups in total. The molecule has 14 heteroatoms. The van der Waals surface area contributed by atoms with Crippen LogP contribution in [-0.2, 0) is 28.6 Å². The first-order valence-electron chi connectivity index (χ1n) is 15.9. The van der Waals surface area contributed by atoms with Crippen LogP contribution in [0.5, 0.6) is 0 Å². The quantitative estimate of drug-likeness (QED) is 0.107. The van der Waals surface area contributed by atoms with Crippen molar-refractivity contribution in [1.82, 2.24) is 4.90 Å². The Hall–Kier alpha value is -4.12. The number of anilines is 1. The lowest BCUT2D eigenvalue weighted by Crippen LogP contribution is -2.41. The van der Waals surface area contributed by atoms with Gasteiger partial charge in [-0.3, -0.25) is 24.1 Å². The fourth-order valence-corrected chi connectivity index (χ4v) is 6.40. The molecule has 0 aromatic heterocycles. The van der Waals surface area contributed by atoms with Gasteiger partial charge in [-0.15, -0.1) is 0 Å². The SMILES string of the molecule is CO[C@H]1/C=C\C=C(/C)C(=O)N(CC(=O)c2ccc(N)c([125I])c2)C2=CC(=O)C(N)=C(C[C@@H](C)C[C@H](OC)[C@H](O)[C@@H](C)/C=C(\C)[C@@H]1OC(N)=O)C2=O. The lowest BCUT2D eigenvalue weighted by Gasteiger charge is -2.30. The second-order valence-corrected chi connectivity index (χ2v) is 13.7. The highest BCUT2D eigenvalue weighted by molar-refractivity contribution is 14.1. The number of methoxy groups -OCH3 is 2. The van der Waals surface area contributed by atoms with Gasteiger partial charge in [-0.2, -0.15) is 0 Å². The van der Waals surface area contributed by atoms with Crippen LogP contribution in [0.3, 0.4) is 0 Å². The number of benzene rings is 1. The molecule has 1 aliphatic carbocycles. The molecule has 0 unspecified atom stereocenters. The Kier molecular flexibility index (Phi) is 14.3. The number of nitrogens with two attached hydrogens (primary N) is 3. The van der Waals surface area contributed by atoms with E-state index in [1.807, 2.05) is 29.5 Å². The van der Waals surface area contributed by atoms with Crippen molar-refractivity contribution >= 4 is 57.6 Å². The van der Waals surface area contributed by atoms with E-state index in [1.54, 1.807) is 38.1 Å². The molecule has 3 rings (SSSR count). The summed E-state index contributed by atoms with van der Waals surface area (Å²) in [5.41, 5.74) is 18.3. The number of carbonyl (C=O) groups is 5. The number of hydrogen-bond donors (Lipinski definition) is 4. The van der Waals surface area contributed by atoms with Gasteiger partial charge in [-0.25, -0.2) is 4.79 Å². The average molecular weight is 803 g/mol. The number of rotatable bonds is 6. The largest absolute Gasteiger partial charge is 0.439 e. The molecule has 50 heavy (non-hydrogen) atoms. The third-order valence-electron chi connectivity index (χ3n) is 8.71. The van der Waals surface area contributed by atoms with Crippen LogP contribution in [0.4, 0.5) is 10.5 Å². The van der Waals surface area contributed by atoms with Gasteiger partial charge in [0, 0.05) is 52.2 Å². The second-order valence-electron chi connectivity index (χ2n) is 12.5.